The van der Waals surface area contributed by atoms with Crippen molar-refractivity contribution in [2.45, 2.75) is 75.5 Å². The van der Waals surface area contributed by atoms with E-state index in [0.717, 1.165) is 25.7 Å². The molecule has 132 valence electrons. The van der Waals surface area contributed by atoms with Crippen molar-refractivity contribution < 1.29 is 53.1 Å². The summed E-state index contributed by atoms with van der Waals surface area (Å²) in [6, 6.07) is 1.12. The molecule has 0 aliphatic heterocycles. The van der Waals surface area contributed by atoms with Gasteiger partial charge in [0.2, 0.25) is 0 Å². The summed E-state index contributed by atoms with van der Waals surface area (Å²) in [5, 5.41) is 0. The van der Waals surface area contributed by atoms with Crippen LogP contribution in [0.15, 0.2) is 0 Å². The van der Waals surface area contributed by atoms with Gasteiger partial charge in [-0.2, -0.15) is 0 Å². The largest absolute Gasteiger partial charge is 0.412 e. The molecule has 2 aliphatic rings. The maximum atomic E-state index is 5.65. The average Bonchev–Trinajstić information content (AvgIpc) is 2.28. The third-order valence-corrected chi connectivity index (χ3v) is 3.75. The maximum absolute atomic E-state index is 5.65. The topological polar surface area (TPSA) is 167 Å². The van der Waals surface area contributed by atoms with E-state index >= 15 is 0 Å². The van der Waals surface area contributed by atoms with Gasteiger partial charge < -0.3 is 33.9 Å². The van der Waals surface area contributed by atoms with Gasteiger partial charge in [0.05, 0.1) is 0 Å². The summed E-state index contributed by atoms with van der Waals surface area (Å²) in [5.74, 6) is 0. The molecule has 0 amide bonds. The summed E-state index contributed by atoms with van der Waals surface area (Å²) in [4.78, 5) is 0. The van der Waals surface area contributed by atoms with Crippen LogP contribution in [0, 0.1) is 0 Å². The first kappa shape index (κ1) is 29.2. The van der Waals surface area contributed by atoms with Gasteiger partial charge >= 0.3 is 0 Å². The molecule has 2 fully saturated rings. The van der Waals surface area contributed by atoms with Crippen LogP contribution in [0.5, 0.6) is 0 Å². The minimum Gasteiger partial charge on any atom is -0.412 e. The minimum absolute atomic E-state index is 0. The fraction of sp³-hybridized carbons (Fsp3) is 1.00. The maximum Gasteiger partial charge on any atom is 0.0192 e. The molecule has 0 aromatic carbocycles. The molecule has 12 N–H and O–H groups in total. The number of rotatable bonds is 0. The second-order valence-corrected chi connectivity index (χ2v) is 5.22. The van der Waals surface area contributed by atoms with Crippen molar-refractivity contribution in [1.82, 2.24) is 0 Å². The Morgan fingerprint density at radius 1 is 0.450 bits per heavy atom. The fourth-order valence-electron chi connectivity index (χ4n) is 2.38. The molecule has 0 spiro atoms. The van der Waals surface area contributed by atoms with E-state index in [1.165, 1.54) is 25.7 Å². The Balaban J connectivity index is -0.000000107. The molecule has 0 bridgehead atoms. The predicted molar refractivity (Wildman–Crippen MR) is 76.1 cm³/mol. The summed E-state index contributed by atoms with van der Waals surface area (Å²) >= 11 is 0. The average molecular weight is 655 g/mol. The van der Waals surface area contributed by atoms with Crippen LogP contribution in [0.1, 0.15) is 51.4 Å². The normalized spacial score (nSPS) is 31.8. The molecule has 0 saturated heterocycles. The van der Waals surface area contributed by atoms with Crippen molar-refractivity contribution in [3.63, 3.8) is 0 Å². The first-order valence-corrected chi connectivity index (χ1v) is 6.63. The van der Waals surface area contributed by atoms with Gasteiger partial charge in [-0.3, -0.25) is 0 Å². The van der Waals surface area contributed by atoms with Crippen molar-refractivity contribution >= 4 is 0 Å². The Bertz CT molecular complexity index is 164. The van der Waals surface area contributed by atoms with Crippen molar-refractivity contribution in [2.75, 3.05) is 0 Å². The van der Waals surface area contributed by atoms with Crippen LogP contribution in [0.2, 0.25) is 0 Å². The summed E-state index contributed by atoms with van der Waals surface area (Å²) in [7, 11) is 0. The molecule has 2 aliphatic carbocycles. The molecule has 20 heavy (non-hydrogen) atoms. The summed E-state index contributed by atoms with van der Waals surface area (Å²) in [6.45, 7) is 0. The van der Waals surface area contributed by atoms with Crippen molar-refractivity contribution in [1.29, 1.82) is 0 Å². The van der Waals surface area contributed by atoms with E-state index in [9.17, 15) is 0 Å². The quantitative estimate of drug-likeness (QED) is 0.257. The van der Waals surface area contributed by atoms with Gasteiger partial charge in [-0.15, -0.1) is 0 Å². The Morgan fingerprint density at radius 3 is 0.700 bits per heavy atom. The predicted octanol–water partition coefficient (Wildman–Crippen LogP) is -1.22. The van der Waals surface area contributed by atoms with Gasteiger partial charge in [0.15, 0.2) is 0 Å². The van der Waals surface area contributed by atoms with E-state index in [2.05, 4.69) is 0 Å². The van der Waals surface area contributed by atoms with Crippen LogP contribution < -0.4 is 22.9 Å². The first-order valence-electron chi connectivity index (χ1n) is 6.63. The monoisotopic (exact) mass is 654 g/mol. The summed E-state index contributed by atoms with van der Waals surface area (Å²) in [5.41, 5.74) is 22.6. The number of nitrogens with two attached hydrogens (primary N) is 4. The first-order chi connectivity index (χ1) is 7.61. The van der Waals surface area contributed by atoms with E-state index in [1.54, 1.807) is 0 Å². The molecular weight excluding hydrogens is 622 g/mol. The van der Waals surface area contributed by atoms with Gasteiger partial charge in [-0.1, -0.05) is 25.7 Å². The molecule has 0 aromatic rings. The number of hydrogen-bond acceptors (Lipinski definition) is 4. The molecule has 0 aromatic heterocycles. The fourth-order valence-corrected chi connectivity index (χ4v) is 2.38. The SMILES string of the molecule is NC1CCCCC1N.NC1CCCC[C@H]1N.O.O.[Pt].[Pt]. The van der Waals surface area contributed by atoms with E-state index in [1.807, 2.05) is 0 Å². The van der Waals surface area contributed by atoms with Crippen LogP contribution in [0.4, 0.5) is 0 Å². The molecule has 4 atom stereocenters. The summed E-state index contributed by atoms with van der Waals surface area (Å²) in [6.07, 6.45) is 9.60. The molecule has 3 unspecified atom stereocenters. The van der Waals surface area contributed by atoms with E-state index in [0.29, 0.717) is 0 Å². The van der Waals surface area contributed by atoms with Crippen molar-refractivity contribution in [3.8, 4) is 0 Å². The van der Waals surface area contributed by atoms with Gasteiger partial charge in [0.25, 0.3) is 0 Å². The molecule has 6 nitrogen and oxygen atoms in total. The smallest absolute Gasteiger partial charge is 0.0192 e. The molecular formula is C12H32N4O2Pt2. The Labute approximate surface area is 151 Å². The zero-order chi connectivity index (χ0) is 12.0. The number of hydrogen-bond donors (Lipinski definition) is 4. The van der Waals surface area contributed by atoms with E-state index < -0.39 is 0 Å². The van der Waals surface area contributed by atoms with E-state index in [4.69, 9.17) is 22.9 Å². The van der Waals surface area contributed by atoms with Crippen LogP contribution >= 0.6 is 0 Å². The van der Waals surface area contributed by atoms with Gasteiger partial charge in [0, 0.05) is 66.3 Å². The standard InChI is InChI=1S/2C6H14N2.2H2O.2Pt/c2*7-5-3-1-2-4-6(5)8;;;;/h2*5-6H,1-4,7-8H2;2*1H2;;/t5-,6?;;;;;/m1...../s1. The van der Waals surface area contributed by atoms with Crippen LogP contribution in [0.25, 0.3) is 0 Å². The Morgan fingerprint density at radius 2 is 0.600 bits per heavy atom. The van der Waals surface area contributed by atoms with Crippen LogP contribution in [-0.2, 0) is 42.1 Å². The van der Waals surface area contributed by atoms with Gasteiger partial charge in [-0.05, 0) is 25.7 Å². The van der Waals surface area contributed by atoms with Crippen molar-refractivity contribution in [3.05, 3.63) is 0 Å². The molecule has 0 heterocycles. The second kappa shape index (κ2) is 16.5. The van der Waals surface area contributed by atoms with Crippen molar-refractivity contribution in [2.24, 2.45) is 22.9 Å². The zero-order valence-electron chi connectivity index (χ0n) is 11.9. The third-order valence-electron chi connectivity index (χ3n) is 3.75. The third kappa shape index (κ3) is 11.8. The molecule has 0 radical (unpaired) electrons. The van der Waals surface area contributed by atoms with Gasteiger partial charge in [-0.25, -0.2) is 0 Å². The van der Waals surface area contributed by atoms with Gasteiger partial charge in [0.1, 0.15) is 0 Å². The van der Waals surface area contributed by atoms with E-state index in [-0.39, 0.29) is 77.3 Å². The second-order valence-electron chi connectivity index (χ2n) is 5.22. The summed E-state index contributed by atoms with van der Waals surface area (Å²) < 4.78 is 0. The molecule has 2 saturated carbocycles. The molecule has 2 rings (SSSR count). The molecule has 8 heteroatoms. The van der Waals surface area contributed by atoms with Crippen LogP contribution in [-0.4, -0.2) is 35.1 Å². The Kier molecular flexibility index (Phi) is 24.1. The Hall–Kier alpha value is 1.14. The van der Waals surface area contributed by atoms with Crippen LogP contribution in [0.3, 0.4) is 0 Å². The minimum atomic E-state index is 0. The zero-order valence-corrected chi connectivity index (χ0v) is 16.5.